The molecule has 1 heterocycles. The monoisotopic (exact) mass is 330 g/mol. The highest BCUT2D eigenvalue weighted by Crippen LogP contribution is 2.31. The van der Waals surface area contributed by atoms with Crippen LogP contribution in [0.15, 0.2) is 29.2 Å². The number of thioether (sulfide) groups is 1. The molecule has 2 amide bonds. The van der Waals surface area contributed by atoms with E-state index in [9.17, 15) is 18.4 Å². The van der Waals surface area contributed by atoms with E-state index >= 15 is 0 Å². The van der Waals surface area contributed by atoms with Crippen LogP contribution in [0.1, 0.15) is 13.3 Å². The van der Waals surface area contributed by atoms with Gasteiger partial charge >= 0.3 is 12.0 Å². The molecule has 1 saturated heterocycles. The van der Waals surface area contributed by atoms with Crippen molar-refractivity contribution in [2.75, 3.05) is 18.4 Å². The Morgan fingerprint density at radius 3 is 2.50 bits per heavy atom. The first-order valence-electron chi connectivity index (χ1n) is 6.64. The van der Waals surface area contributed by atoms with Crippen LogP contribution < -0.4 is 5.32 Å². The summed E-state index contributed by atoms with van der Waals surface area (Å²) in [6.07, 6.45) is 0.402. The molecule has 22 heavy (non-hydrogen) atoms. The molecule has 0 radical (unpaired) electrons. The fraction of sp³-hybridized carbons (Fsp3) is 0.429. The van der Waals surface area contributed by atoms with Gasteiger partial charge in [0.1, 0.15) is 0 Å². The van der Waals surface area contributed by atoms with Gasteiger partial charge in [-0.2, -0.15) is 8.78 Å². The highest BCUT2D eigenvalue weighted by atomic mass is 32.2. The van der Waals surface area contributed by atoms with Crippen molar-refractivity contribution in [2.24, 2.45) is 5.41 Å². The lowest BCUT2D eigenvalue weighted by atomic mass is 9.90. The molecule has 2 N–H and O–H groups in total. The minimum atomic E-state index is -2.49. The highest BCUT2D eigenvalue weighted by molar-refractivity contribution is 7.99. The van der Waals surface area contributed by atoms with E-state index < -0.39 is 17.1 Å². The van der Waals surface area contributed by atoms with Crippen molar-refractivity contribution in [3.05, 3.63) is 24.3 Å². The van der Waals surface area contributed by atoms with E-state index in [1.165, 1.54) is 29.2 Å². The summed E-state index contributed by atoms with van der Waals surface area (Å²) in [6, 6.07) is 5.68. The number of carbonyl (C=O) groups excluding carboxylic acids is 1. The molecule has 1 aliphatic heterocycles. The molecule has 1 aromatic rings. The van der Waals surface area contributed by atoms with Gasteiger partial charge in [-0.1, -0.05) is 11.8 Å². The number of hydrogen-bond acceptors (Lipinski definition) is 3. The van der Waals surface area contributed by atoms with Crippen LogP contribution in [0.5, 0.6) is 0 Å². The average molecular weight is 330 g/mol. The van der Waals surface area contributed by atoms with Gasteiger partial charge < -0.3 is 15.3 Å². The van der Waals surface area contributed by atoms with Crippen LogP contribution in [0.3, 0.4) is 0 Å². The van der Waals surface area contributed by atoms with Crippen molar-refractivity contribution in [1.82, 2.24) is 4.90 Å². The van der Waals surface area contributed by atoms with Gasteiger partial charge in [0, 0.05) is 23.7 Å². The van der Waals surface area contributed by atoms with E-state index in [1.807, 2.05) is 0 Å². The summed E-state index contributed by atoms with van der Waals surface area (Å²) in [7, 11) is 0. The molecule has 120 valence electrons. The van der Waals surface area contributed by atoms with Crippen LogP contribution in [0.25, 0.3) is 0 Å². The molecule has 5 nitrogen and oxygen atoms in total. The molecule has 0 spiro atoms. The largest absolute Gasteiger partial charge is 0.481 e. The maximum absolute atomic E-state index is 12.2. The summed E-state index contributed by atoms with van der Waals surface area (Å²) < 4.78 is 24.4. The Bertz CT molecular complexity index is 568. The SMILES string of the molecule is CC1(C(=O)O)CCN(C(=O)Nc2ccc(SC(F)F)cc2)C1. The van der Waals surface area contributed by atoms with Crippen molar-refractivity contribution in [2.45, 2.75) is 24.0 Å². The van der Waals surface area contributed by atoms with Crippen LogP contribution in [-0.2, 0) is 4.79 Å². The number of hydrogen-bond donors (Lipinski definition) is 2. The summed E-state index contributed by atoms with van der Waals surface area (Å²) in [4.78, 5) is 25.1. The first kappa shape index (κ1) is 16.5. The molecular formula is C14H16F2N2O3S. The third-order valence-electron chi connectivity index (χ3n) is 3.61. The van der Waals surface area contributed by atoms with Crippen LogP contribution in [0.2, 0.25) is 0 Å². The van der Waals surface area contributed by atoms with Gasteiger partial charge in [-0.3, -0.25) is 4.79 Å². The predicted octanol–water partition coefficient (Wildman–Crippen LogP) is 3.33. The zero-order valence-corrected chi connectivity index (χ0v) is 12.7. The summed E-state index contributed by atoms with van der Waals surface area (Å²) in [5, 5.41) is 11.8. The quantitative estimate of drug-likeness (QED) is 0.831. The Morgan fingerprint density at radius 1 is 1.36 bits per heavy atom. The van der Waals surface area contributed by atoms with E-state index in [2.05, 4.69) is 5.32 Å². The van der Waals surface area contributed by atoms with E-state index in [4.69, 9.17) is 5.11 Å². The molecule has 1 atom stereocenters. The standard InChI is InChI=1S/C14H16F2N2O3S/c1-14(11(19)20)6-7-18(8-14)13(21)17-9-2-4-10(5-3-9)22-12(15)16/h2-5,12H,6-8H2,1H3,(H,17,21)(H,19,20). The molecule has 2 rings (SSSR count). The average Bonchev–Trinajstić information content (AvgIpc) is 2.85. The number of carboxylic acids is 1. The molecule has 0 aliphatic carbocycles. The lowest BCUT2D eigenvalue weighted by Gasteiger charge is -2.20. The molecule has 1 fully saturated rings. The molecule has 1 aromatic carbocycles. The summed E-state index contributed by atoms with van der Waals surface area (Å²) in [6.45, 7) is 2.13. The Kier molecular flexibility index (Phi) is 4.90. The number of amides is 2. The summed E-state index contributed by atoms with van der Waals surface area (Å²) in [5.41, 5.74) is -0.442. The first-order valence-corrected chi connectivity index (χ1v) is 7.52. The third kappa shape index (κ3) is 3.88. The maximum atomic E-state index is 12.2. The predicted molar refractivity (Wildman–Crippen MR) is 79.3 cm³/mol. The highest BCUT2D eigenvalue weighted by Gasteiger charge is 2.42. The molecule has 1 aliphatic rings. The number of rotatable bonds is 4. The first-order chi connectivity index (χ1) is 10.3. The number of likely N-dealkylation sites (tertiary alicyclic amines) is 1. The van der Waals surface area contributed by atoms with Gasteiger partial charge in [0.05, 0.1) is 5.41 Å². The number of benzene rings is 1. The Morgan fingerprint density at radius 2 is 2.00 bits per heavy atom. The van der Waals surface area contributed by atoms with Crippen LogP contribution >= 0.6 is 11.8 Å². The molecule has 8 heteroatoms. The van der Waals surface area contributed by atoms with Gasteiger partial charge in [0.2, 0.25) is 0 Å². The topological polar surface area (TPSA) is 69.6 Å². The van der Waals surface area contributed by atoms with Crippen molar-refractivity contribution >= 4 is 29.4 Å². The van der Waals surface area contributed by atoms with Crippen molar-refractivity contribution in [3.8, 4) is 0 Å². The number of nitrogens with one attached hydrogen (secondary N) is 1. The number of aliphatic carboxylic acids is 1. The number of nitrogens with zero attached hydrogens (tertiary/aromatic N) is 1. The van der Waals surface area contributed by atoms with E-state index in [0.29, 0.717) is 35.3 Å². The Labute approximate surface area is 130 Å². The van der Waals surface area contributed by atoms with Gasteiger partial charge in [-0.15, -0.1) is 0 Å². The lowest BCUT2D eigenvalue weighted by molar-refractivity contribution is -0.146. The van der Waals surface area contributed by atoms with E-state index in [0.717, 1.165) is 0 Å². The van der Waals surface area contributed by atoms with Gasteiger partial charge in [0.15, 0.2) is 0 Å². The number of alkyl halides is 2. The molecular weight excluding hydrogens is 314 g/mol. The maximum Gasteiger partial charge on any atom is 0.321 e. The second kappa shape index (κ2) is 6.51. The van der Waals surface area contributed by atoms with Crippen LogP contribution in [-0.4, -0.2) is 40.9 Å². The van der Waals surface area contributed by atoms with Gasteiger partial charge in [-0.25, -0.2) is 4.79 Å². The zero-order chi connectivity index (χ0) is 16.3. The summed E-state index contributed by atoms with van der Waals surface area (Å²) in [5.74, 6) is -3.41. The van der Waals surface area contributed by atoms with Crippen LogP contribution in [0, 0.1) is 5.41 Å². The zero-order valence-electron chi connectivity index (χ0n) is 11.9. The molecule has 1 unspecified atom stereocenters. The number of carboxylic acid groups (broad SMARTS) is 1. The molecule has 0 aromatic heterocycles. The number of carbonyl (C=O) groups is 2. The molecule has 0 bridgehead atoms. The number of urea groups is 1. The summed E-state index contributed by atoms with van der Waals surface area (Å²) >= 11 is 0.433. The Hall–Kier alpha value is -1.83. The molecule has 0 saturated carbocycles. The smallest absolute Gasteiger partial charge is 0.321 e. The number of anilines is 1. The fourth-order valence-electron chi connectivity index (χ4n) is 2.23. The number of halogens is 2. The third-order valence-corrected chi connectivity index (χ3v) is 4.33. The Balaban J connectivity index is 1.94. The minimum Gasteiger partial charge on any atom is -0.481 e. The van der Waals surface area contributed by atoms with Crippen molar-refractivity contribution in [3.63, 3.8) is 0 Å². The van der Waals surface area contributed by atoms with Gasteiger partial charge in [0.25, 0.3) is 5.76 Å². The second-order valence-electron chi connectivity index (χ2n) is 5.37. The minimum absolute atomic E-state index is 0.146. The fourth-order valence-corrected chi connectivity index (χ4v) is 2.73. The lowest BCUT2D eigenvalue weighted by Crippen LogP contribution is -2.37. The van der Waals surface area contributed by atoms with E-state index in [-0.39, 0.29) is 12.6 Å². The van der Waals surface area contributed by atoms with Crippen molar-refractivity contribution < 1.29 is 23.5 Å². The normalized spacial score (nSPS) is 21.2. The van der Waals surface area contributed by atoms with Crippen molar-refractivity contribution in [1.29, 1.82) is 0 Å². The van der Waals surface area contributed by atoms with Gasteiger partial charge in [-0.05, 0) is 37.6 Å². The second-order valence-corrected chi connectivity index (χ2v) is 6.43. The van der Waals surface area contributed by atoms with Crippen LogP contribution in [0.4, 0.5) is 19.3 Å². The van der Waals surface area contributed by atoms with E-state index in [1.54, 1.807) is 6.92 Å².